The summed E-state index contributed by atoms with van der Waals surface area (Å²) in [6.45, 7) is 4.08. The van der Waals surface area contributed by atoms with Crippen molar-refractivity contribution in [3.05, 3.63) is 29.7 Å². The van der Waals surface area contributed by atoms with Crippen molar-refractivity contribution in [1.82, 2.24) is 19.7 Å². The zero-order chi connectivity index (χ0) is 13.1. The van der Waals surface area contributed by atoms with Crippen molar-refractivity contribution in [2.75, 3.05) is 12.4 Å². The fourth-order valence-corrected chi connectivity index (χ4v) is 1.74. The molecule has 1 N–H and O–H groups in total. The van der Waals surface area contributed by atoms with Gasteiger partial charge in [-0.15, -0.1) is 0 Å². The second kappa shape index (κ2) is 5.03. The second-order valence-corrected chi connectivity index (χ2v) is 4.10. The Labute approximate surface area is 106 Å². The minimum absolute atomic E-state index is 0.0887. The second-order valence-electron chi connectivity index (χ2n) is 4.10. The molecule has 0 aromatic carbocycles. The van der Waals surface area contributed by atoms with Crippen molar-refractivity contribution in [1.29, 1.82) is 0 Å². The molecule has 0 spiro atoms. The summed E-state index contributed by atoms with van der Waals surface area (Å²) in [6, 6.07) is 1.80. The van der Waals surface area contributed by atoms with Gasteiger partial charge in [0.2, 0.25) is 11.8 Å². The molecule has 2 aromatic rings. The lowest BCUT2D eigenvalue weighted by molar-refractivity contribution is 0.397. The van der Waals surface area contributed by atoms with Gasteiger partial charge >= 0.3 is 0 Å². The summed E-state index contributed by atoms with van der Waals surface area (Å²) in [5.41, 5.74) is 2.25. The van der Waals surface area contributed by atoms with Gasteiger partial charge in [-0.2, -0.15) is 10.1 Å². The van der Waals surface area contributed by atoms with Crippen LogP contribution >= 0.6 is 0 Å². The zero-order valence-corrected chi connectivity index (χ0v) is 11.0. The quantitative estimate of drug-likeness (QED) is 0.890. The molecule has 0 radical (unpaired) electrons. The summed E-state index contributed by atoms with van der Waals surface area (Å²) in [7, 11) is 3.51. The molecule has 96 valence electrons. The number of anilines is 1. The number of aromatic nitrogens is 4. The van der Waals surface area contributed by atoms with Crippen molar-refractivity contribution >= 4 is 5.95 Å². The van der Waals surface area contributed by atoms with Crippen molar-refractivity contribution in [3.8, 4) is 5.88 Å². The Morgan fingerprint density at radius 1 is 1.44 bits per heavy atom. The highest BCUT2D eigenvalue weighted by Gasteiger charge is 2.13. The fourth-order valence-electron chi connectivity index (χ4n) is 1.74. The maximum absolute atomic E-state index is 5.06. The minimum atomic E-state index is 0.0887. The lowest BCUT2D eigenvalue weighted by atomic mass is 10.1. The van der Waals surface area contributed by atoms with Gasteiger partial charge < -0.3 is 10.1 Å². The first-order valence-corrected chi connectivity index (χ1v) is 5.74. The molecule has 2 aromatic heterocycles. The van der Waals surface area contributed by atoms with E-state index < -0.39 is 0 Å². The van der Waals surface area contributed by atoms with Crippen LogP contribution in [0.15, 0.2) is 18.5 Å². The number of nitrogens with zero attached hydrogens (tertiary/aromatic N) is 4. The first-order chi connectivity index (χ1) is 8.61. The molecule has 0 saturated carbocycles. The predicted octanol–water partition coefficient (Wildman–Crippen LogP) is 1.70. The number of nitrogens with one attached hydrogen (secondary N) is 1. The van der Waals surface area contributed by atoms with Gasteiger partial charge in [-0.1, -0.05) is 0 Å². The first-order valence-electron chi connectivity index (χ1n) is 5.74. The Hall–Kier alpha value is -2.11. The number of methoxy groups -OCH3 is 1. The number of rotatable bonds is 4. The highest BCUT2D eigenvalue weighted by atomic mass is 16.5. The molecule has 1 atom stereocenters. The van der Waals surface area contributed by atoms with Gasteiger partial charge in [-0.25, -0.2) is 4.98 Å². The third-order valence-electron chi connectivity index (χ3n) is 2.92. The number of hydrogen-bond acceptors (Lipinski definition) is 5. The highest BCUT2D eigenvalue weighted by molar-refractivity contribution is 5.33. The van der Waals surface area contributed by atoms with E-state index in [1.807, 2.05) is 31.8 Å². The molecule has 0 amide bonds. The molecule has 2 heterocycles. The van der Waals surface area contributed by atoms with Crippen LogP contribution in [0.5, 0.6) is 5.88 Å². The molecule has 18 heavy (non-hydrogen) atoms. The van der Waals surface area contributed by atoms with Crippen molar-refractivity contribution < 1.29 is 4.74 Å². The number of aryl methyl sites for hydroxylation is 1. The van der Waals surface area contributed by atoms with Gasteiger partial charge in [-0.05, 0) is 13.8 Å². The van der Waals surface area contributed by atoms with Crippen LogP contribution < -0.4 is 10.1 Å². The van der Waals surface area contributed by atoms with Crippen LogP contribution in [0.1, 0.15) is 24.2 Å². The first kappa shape index (κ1) is 12.3. The zero-order valence-electron chi connectivity index (χ0n) is 11.0. The molecule has 1 unspecified atom stereocenters. The Morgan fingerprint density at radius 2 is 2.22 bits per heavy atom. The number of ether oxygens (including phenoxy) is 1. The molecule has 0 aliphatic rings. The minimum Gasteiger partial charge on any atom is -0.481 e. The van der Waals surface area contributed by atoms with Crippen LogP contribution in [0.4, 0.5) is 5.95 Å². The van der Waals surface area contributed by atoms with E-state index in [9.17, 15) is 0 Å². The molecular weight excluding hydrogens is 230 g/mol. The summed E-state index contributed by atoms with van der Waals surface area (Å²) in [4.78, 5) is 8.38. The smallest absolute Gasteiger partial charge is 0.226 e. The third-order valence-corrected chi connectivity index (χ3v) is 2.92. The molecular formula is C12H17N5O. The normalized spacial score (nSPS) is 12.2. The lowest BCUT2D eigenvalue weighted by Gasteiger charge is -2.13. The van der Waals surface area contributed by atoms with Gasteiger partial charge in [-0.3, -0.25) is 4.68 Å². The van der Waals surface area contributed by atoms with Crippen LogP contribution in [0.25, 0.3) is 0 Å². The average molecular weight is 247 g/mol. The summed E-state index contributed by atoms with van der Waals surface area (Å²) >= 11 is 0. The highest BCUT2D eigenvalue weighted by Crippen LogP contribution is 2.20. The number of hydrogen-bond donors (Lipinski definition) is 1. The molecule has 0 saturated heterocycles. The molecule has 0 fully saturated rings. The fraction of sp³-hybridized carbons (Fsp3) is 0.417. The SMILES string of the molecule is COc1ccnc(NC(C)c2cnn(C)c2C)n1. The molecule has 2 rings (SSSR count). The Kier molecular flexibility index (Phi) is 3.45. The van der Waals surface area contributed by atoms with Crippen LogP contribution in [-0.4, -0.2) is 26.9 Å². The van der Waals surface area contributed by atoms with E-state index in [1.54, 1.807) is 19.4 Å². The van der Waals surface area contributed by atoms with E-state index in [0.29, 0.717) is 11.8 Å². The maximum atomic E-state index is 5.06. The van der Waals surface area contributed by atoms with Crippen molar-refractivity contribution in [2.24, 2.45) is 7.05 Å². The van der Waals surface area contributed by atoms with Gasteiger partial charge in [0.05, 0.1) is 19.3 Å². The molecule has 0 bridgehead atoms. The van der Waals surface area contributed by atoms with E-state index in [1.165, 1.54) is 0 Å². The Balaban J connectivity index is 2.15. The van der Waals surface area contributed by atoms with E-state index >= 15 is 0 Å². The summed E-state index contributed by atoms with van der Waals surface area (Å²) in [6.07, 6.45) is 3.52. The monoisotopic (exact) mass is 247 g/mol. The molecule has 6 nitrogen and oxygen atoms in total. The largest absolute Gasteiger partial charge is 0.481 e. The third kappa shape index (κ3) is 2.42. The molecule has 0 aliphatic heterocycles. The van der Waals surface area contributed by atoms with E-state index in [4.69, 9.17) is 4.74 Å². The standard InChI is InChI=1S/C12H17N5O/c1-8(10-7-14-17(3)9(10)2)15-12-13-6-5-11(16-12)18-4/h5-8H,1-4H3,(H,13,15,16). The van der Waals surface area contributed by atoms with Gasteiger partial charge in [0.25, 0.3) is 0 Å². The van der Waals surface area contributed by atoms with E-state index in [0.717, 1.165) is 11.3 Å². The van der Waals surface area contributed by atoms with Crippen LogP contribution in [0, 0.1) is 6.92 Å². The van der Waals surface area contributed by atoms with Crippen LogP contribution in [0.2, 0.25) is 0 Å². The van der Waals surface area contributed by atoms with Crippen LogP contribution in [-0.2, 0) is 7.05 Å². The molecule has 0 aliphatic carbocycles. The van der Waals surface area contributed by atoms with Crippen molar-refractivity contribution in [2.45, 2.75) is 19.9 Å². The van der Waals surface area contributed by atoms with E-state index in [2.05, 4.69) is 20.4 Å². The molecule has 6 heteroatoms. The lowest BCUT2D eigenvalue weighted by Crippen LogP contribution is -2.10. The summed E-state index contributed by atoms with van der Waals surface area (Å²) in [5.74, 6) is 1.09. The Bertz CT molecular complexity index is 537. The van der Waals surface area contributed by atoms with Crippen LogP contribution in [0.3, 0.4) is 0 Å². The topological polar surface area (TPSA) is 64.9 Å². The van der Waals surface area contributed by atoms with Gasteiger partial charge in [0.1, 0.15) is 0 Å². The van der Waals surface area contributed by atoms with Gasteiger partial charge in [0, 0.05) is 30.6 Å². The van der Waals surface area contributed by atoms with Crippen molar-refractivity contribution in [3.63, 3.8) is 0 Å². The summed E-state index contributed by atoms with van der Waals surface area (Å²) in [5, 5.41) is 7.46. The van der Waals surface area contributed by atoms with E-state index in [-0.39, 0.29) is 6.04 Å². The predicted molar refractivity (Wildman–Crippen MR) is 68.6 cm³/mol. The maximum Gasteiger partial charge on any atom is 0.226 e. The average Bonchev–Trinajstić information content (AvgIpc) is 2.70. The summed E-state index contributed by atoms with van der Waals surface area (Å²) < 4.78 is 6.91. The van der Waals surface area contributed by atoms with Gasteiger partial charge in [0.15, 0.2) is 0 Å². The Morgan fingerprint density at radius 3 is 2.83 bits per heavy atom.